The monoisotopic (exact) mass is 432 g/mol. The fourth-order valence-electron chi connectivity index (χ4n) is 2.96. The van der Waals surface area contributed by atoms with E-state index in [1.165, 1.54) is 23.5 Å². The lowest BCUT2D eigenvalue weighted by Crippen LogP contribution is -2.29. The number of carbonyl (C=O) groups excluding carboxylic acids is 1. The standard InChI is InChI=1S/C22H17FN6OS/c23-17-8-4-9-18(16(17)14-24)25-11-12-26-22(30)20-27-21(19-10-5-13-31-19)29(28-20)15-6-2-1-3-7-15/h1-10,13,25H,11-12H2,(H,26,30). The maximum atomic E-state index is 13.7. The van der Waals surface area contributed by atoms with E-state index >= 15 is 0 Å². The third kappa shape index (κ3) is 4.44. The van der Waals surface area contributed by atoms with Crippen molar-refractivity contribution >= 4 is 22.9 Å². The van der Waals surface area contributed by atoms with Crippen molar-refractivity contribution in [3.63, 3.8) is 0 Å². The maximum absolute atomic E-state index is 13.7. The van der Waals surface area contributed by atoms with Crippen LogP contribution in [0.5, 0.6) is 0 Å². The average Bonchev–Trinajstić information content (AvgIpc) is 3.47. The molecule has 9 heteroatoms. The van der Waals surface area contributed by atoms with Crippen LogP contribution >= 0.6 is 11.3 Å². The number of hydrogen-bond donors (Lipinski definition) is 2. The Hall–Kier alpha value is -4.03. The van der Waals surface area contributed by atoms with E-state index in [0.717, 1.165) is 10.6 Å². The lowest BCUT2D eigenvalue weighted by atomic mass is 10.2. The minimum Gasteiger partial charge on any atom is -0.382 e. The van der Waals surface area contributed by atoms with Crippen LogP contribution in [0, 0.1) is 17.1 Å². The molecule has 31 heavy (non-hydrogen) atoms. The molecule has 2 aromatic heterocycles. The lowest BCUT2D eigenvalue weighted by molar-refractivity contribution is 0.0945. The van der Waals surface area contributed by atoms with Gasteiger partial charge in [0, 0.05) is 13.1 Å². The molecule has 7 nitrogen and oxygen atoms in total. The molecule has 0 saturated heterocycles. The van der Waals surface area contributed by atoms with E-state index in [4.69, 9.17) is 5.26 Å². The summed E-state index contributed by atoms with van der Waals surface area (Å²) in [6.45, 7) is 0.551. The number of halogens is 1. The Kier molecular flexibility index (Phi) is 6.01. The molecule has 154 valence electrons. The van der Waals surface area contributed by atoms with Gasteiger partial charge in [-0.15, -0.1) is 16.4 Å². The number of hydrogen-bond acceptors (Lipinski definition) is 6. The third-order valence-electron chi connectivity index (χ3n) is 4.40. The van der Waals surface area contributed by atoms with Crippen molar-refractivity contribution in [2.24, 2.45) is 0 Å². The first-order valence-corrected chi connectivity index (χ1v) is 10.3. The van der Waals surface area contributed by atoms with Crippen molar-refractivity contribution in [1.82, 2.24) is 20.1 Å². The summed E-state index contributed by atoms with van der Waals surface area (Å²) in [6.07, 6.45) is 0. The topological polar surface area (TPSA) is 95.6 Å². The zero-order valence-corrected chi connectivity index (χ0v) is 17.1. The van der Waals surface area contributed by atoms with Gasteiger partial charge in [0.25, 0.3) is 5.91 Å². The summed E-state index contributed by atoms with van der Waals surface area (Å²) in [4.78, 5) is 18.0. The van der Waals surface area contributed by atoms with Crippen LogP contribution in [0.2, 0.25) is 0 Å². The molecular formula is C22H17FN6OS. The summed E-state index contributed by atoms with van der Waals surface area (Å²) >= 11 is 1.51. The largest absolute Gasteiger partial charge is 0.382 e. The van der Waals surface area contributed by atoms with Gasteiger partial charge >= 0.3 is 0 Å². The van der Waals surface area contributed by atoms with Gasteiger partial charge in [0.15, 0.2) is 5.82 Å². The SMILES string of the molecule is N#Cc1c(F)cccc1NCCNC(=O)c1nc(-c2cccs2)n(-c2ccccc2)n1. The molecule has 0 fully saturated rings. The van der Waals surface area contributed by atoms with E-state index in [1.807, 2.05) is 53.9 Å². The molecule has 0 saturated carbocycles. The lowest BCUT2D eigenvalue weighted by Gasteiger charge is -2.08. The van der Waals surface area contributed by atoms with Crippen molar-refractivity contribution in [2.45, 2.75) is 0 Å². The number of benzene rings is 2. The van der Waals surface area contributed by atoms with Gasteiger partial charge in [0.2, 0.25) is 5.82 Å². The van der Waals surface area contributed by atoms with E-state index in [-0.39, 0.29) is 17.9 Å². The van der Waals surface area contributed by atoms with E-state index < -0.39 is 11.7 Å². The van der Waals surface area contributed by atoms with Gasteiger partial charge in [-0.05, 0) is 35.7 Å². The second-order valence-corrected chi connectivity index (χ2v) is 7.39. The van der Waals surface area contributed by atoms with Gasteiger partial charge in [-0.3, -0.25) is 4.79 Å². The zero-order chi connectivity index (χ0) is 21.6. The Labute approximate surface area is 181 Å². The minimum absolute atomic E-state index is 0.0516. The Morgan fingerprint density at radius 3 is 2.68 bits per heavy atom. The number of anilines is 1. The average molecular weight is 432 g/mol. The molecule has 0 aliphatic rings. The molecule has 0 bridgehead atoms. The van der Waals surface area contributed by atoms with Crippen LogP contribution < -0.4 is 10.6 Å². The number of nitrogens with zero attached hydrogens (tertiary/aromatic N) is 4. The van der Waals surface area contributed by atoms with Crippen LogP contribution in [0.3, 0.4) is 0 Å². The number of amides is 1. The molecule has 0 aliphatic heterocycles. The first kappa shape index (κ1) is 20.3. The number of rotatable bonds is 7. The van der Waals surface area contributed by atoms with Crippen LogP contribution in [0.4, 0.5) is 10.1 Å². The number of aromatic nitrogens is 3. The summed E-state index contributed by atoms with van der Waals surface area (Å²) in [5.74, 6) is -0.374. The Balaban J connectivity index is 1.46. The summed E-state index contributed by atoms with van der Waals surface area (Å²) in [5.41, 5.74) is 1.12. The molecule has 1 amide bonds. The van der Waals surface area contributed by atoms with E-state index in [0.29, 0.717) is 18.1 Å². The zero-order valence-electron chi connectivity index (χ0n) is 16.2. The third-order valence-corrected chi connectivity index (χ3v) is 5.27. The van der Waals surface area contributed by atoms with Crippen molar-refractivity contribution in [2.75, 3.05) is 18.4 Å². The van der Waals surface area contributed by atoms with Gasteiger partial charge < -0.3 is 10.6 Å². The van der Waals surface area contributed by atoms with E-state index in [9.17, 15) is 9.18 Å². The number of nitrogens with one attached hydrogen (secondary N) is 2. The Morgan fingerprint density at radius 2 is 1.94 bits per heavy atom. The number of carbonyl (C=O) groups is 1. The highest BCUT2D eigenvalue weighted by molar-refractivity contribution is 7.13. The van der Waals surface area contributed by atoms with Gasteiger partial charge in [0.1, 0.15) is 17.4 Å². The number of para-hydroxylation sites is 1. The second kappa shape index (κ2) is 9.19. The number of nitriles is 1. The minimum atomic E-state index is -0.590. The van der Waals surface area contributed by atoms with Crippen LogP contribution in [-0.4, -0.2) is 33.8 Å². The number of thiophene rings is 1. The van der Waals surface area contributed by atoms with Gasteiger partial charge in [0.05, 0.1) is 16.3 Å². The molecule has 0 radical (unpaired) electrons. The summed E-state index contributed by atoms with van der Waals surface area (Å²) in [5, 5.41) is 21.1. The second-order valence-electron chi connectivity index (χ2n) is 6.44. The molecule has 0 aliphatic carbocycles. The highest BCUT2D eigenvalue weighted by Gasteiger charge is 2.19. The molecule has 2 heterocycles. The van der Waals surface area contributed by atoms with Gasteiger partial charge in [-0.1, -0.05) is 30.3 Å². The van der Waals surface area contributed by atoms with Crippen LogP contribution in [0.25, 0.3) is 16.4 Å². The highest BCUT2D eigenvalue weighted by atomic mass is 32.1. The smallest absolute Gasteiger partial charge is 0.291 e. The van der Waals surface area contributed by atoms with Crippen molar-refractivity contribution < 1.29 is 9.18 Å². The fraction of sp³-hybridized carbons (Fsp3) is 0.0909. The molecule has 2 aromatic carbocycles. The predicted molar refractivity (Wildman–Crippen MR) is 117 cm³/mol. The molecule has 0 unspecified atom stereocenters. The Bertz CT molecular complexity index is 1230. The molecule has 0 atom stereocenters. The van der Waals surface area contributed by atoms with Crippen LogP contribution in [0.1, 0.15) is 16.2 Å². The molecule has 4 rings (SSSR count). The summed E-state index contributed by atoms with van der Waals surface area (Å²) in [6, 6.07) is 19.5. The van der Waals surface area contributed by atoms with E-state index in [1.54, 1.807) is 10.7 Å². The molecular weight excluding hydrogens is 415 g/mol. The fourth-order valence-corrected chi connectivity index (χ4v) is 3.66. The Morgan fingerprint density at radius 1 is 1.10 bits per heavy atom. The quantitative estimate of drug-likeness (QED) is 0.433. The molecule has 0 spiro atoms. The van der Waals surface area contributed by atoms with Crippen molar-refractivity contribution in [1.29, 1.82) is 5.26 Å². The maximum Gasteiger partial charge on any atom is 0.291 e. The molecule has 4 aromatic rings. The summed E-state index contributed by atoms with van der Waals surface area (Å²) < 4.78 is 15.3. The van der Waals surface area contributed by atoms with Crippen LogP contribution in [0.15, 0.2) is 66.0 Å². The summed E-state index contributed by atoms with van der Waals surface area (Å²) in [7, 11) is 0. The first-order chi connectivity index (χ1) is 15.2. The predicted octanol–water partition coefficient (Wildman–Crippen LogP) is 3.85. The van der Waals surface area contributed by atoms with Crippen molar-refractivity contribution in [3.8, 4) is 22.5 Å². The molecule has 2 N–H and O–H groups in total. The van der Waals surface area contributed by atoms with Gasteiger partial charge in [-0.2, -0.15) is 5.26 Å². The van der Waals surface area contributed by atoms with Crippen LogP contribution in [-0.2, 0) is 0 Å². The highest BCUT2D eigenvalue weighted by Crippen LogP contribution is 2.25. The van der Waals surface area contributed by atoms with E-state index in [2.05, 4.69) is 20.7 Å². The van der Waals surface area contributed by atoms with Crippen molar-refractivity contribution in [3.05, 3.63) is 83.2 Å². The van der Waals surface area contributed by atoms with Gasteiger partial charge in [-0.25, -0.2) is 14.1 Å². The first-order valence-electron chi connectivity index (χ1n) is 9.44. The normalized spacial score (nSPS) is 10.5.